The summed E-state index contributed by atoms with van der Waals surface area (Å²) >= 11 is 0. The molecule has 10 nitrogen and oxygen atoms in total. The van der Waals surface area contributed by atoms with Crippen LogP contribution in [-0.2, 0) is 11.3 Å². The molecule has 0 bridgehead atoms. The Morgan fingerprint density at radius 2 is 2.03 bits per heavy atom. The second-order valence-electron chi connectivity index (χ2n) is 7.83. The summed E-state index contributed by atoms with van der Waals surface area (Å²) < 4.78 is 1.65. The van der Waals surface area contributed by atoms with Gasteiger partial charge in [-0.3, -0.25) is 14.8 Å². The predicted molar refractivity (Wildman–Crippen MR) is 120 cm³/mol. The van der Waals surface area contributed by atoms with Gasteiger partial charge in [-0.1, -0.05) is 6.07 Å². The van der Waals surface area contributed by atoms with Crippen molar-refractivity contribution in [3.8, 4) is 11.3 Å². The van der Waals surface area contributed by atoms with Crippen LogP contribution in [0.15, 0.2) is 42.9 Å². The third-order valence-corrected chi connectivity index (χ3v) is 5.41. The van der Waals surface area contributed by atoms with E-state index in [0.29, 0.717) is 31.2 Å². The number of aryl methyl sites for hydroxylation is 2. The third-order valence-electron chi connectivity index (χ3n) is 5.41. The molecule has 1 aliphatic rings. The fraction of sp³-hybridized carbons (Fsp3) is 0.273. The Labute approximate surface area is 184 Å². The van der Waals surface area contributed by atoms with Gasteiger partial charge in [0, 0.05) is 49.4 Å². The molecule has 2 N–H and O–H groups in total. The summed E-state index contributed by atoms with van der Waals surface area (Å²) in [4.78, 5) is 22.5. The lowest BCUT2D eigenvalue weighted by molar-refractivity contribution is -0.120. The lowest BCUT2D eigenvalue weighted by Crippen LogP contribution is -2.47. The number of pyridine rings is 2. The van der Waals surface area contributed by atoms with Crippen molar-refractivity contribution in [1.82, 2.24) is 35.1 Å². The molecule has 0 spiro atoms. The quantitative estimate of drug-likeness (QED) is 0.493. The number of piperazine rings is 1. The maximum Gasteiger partial charge on any atom is 0.246 e. The van der Waals surface area contributed by atoms with Crippen molar-refractivity contribution in [2.75, 3.05) is 29.9 Å². The van der Waals surface area contributed by atoms with Crippen LogP contribution in [0.25, 0.3) is 16.9 Å². The highest BCUT2D eigenvalue weighted by atomic mass is 16.2. The average molecular weight is 429 g/mol. The highest BCUT2D eigenvalue weighted by Crippen LogP contribution is 2.22. The van der Waals surface area contributed by atoms with Crippen LogP contribution in [0, 0.1) is 13.8 Å². The van der Waals surface area contributed by atoms with E-state index in [9.17, 15) is 4.79 Å². The minimum absolute atomic E-state index is 0.00827. The molecule has 0 radical (unpaired) electrons. The first-order chi connectivity index (χ1) is 15.6. The summed E-state index contributed by atoms with van der Waals surface area (Å²) in [5.74, 6) is 0.559. The fourth-order valence-electron chi connectivity index (χ4n) is 3.83. The van der Waals surface area contributed by atoms with Gasteiger partial charge < -0.3 is 15.5 Å². The molecule has 10 heteroatoms. The molecule has 0 saturated carbocycles. The maximum atomic E-state index is 11.7. The molecule has 1 aliphatic heterocycles. The van der Waals surface area contributed by atoms with E-state index in [0.717, 1.165) is 40.3 Å². The van der Waals surface area contributed by atoms with Crippen LogP contribution in [0.2, 0.25) is 0 Å². The third kappa shape index (κ3) is 3.94. The topological polar surface area (TPSA) is 113 Å². The van der Waals surface area contributed by atoms with Crippen molar-refractivity contribution in [2.24, 2.45) is 0 Å². The second kappa shape index (κ2) is 8.22. The summed E-state index contributed by atoms with van der Waals surface area (Å²) in [6.45, 7) is 6.25. The molecular weight excluding hydrogens is 406 g/mol. The lowest BCUT2D eigenvalue weighted by atomic mass is 10.1. The number of nitrogens with zero attached hydrogens (tertiary/aromatic N) is 7. The van der Waals surface area contributed by atoms with Gasteiger partial charge in [-0.2, -0.15) is 9.61 Å². The molecule has 1 amide bonds. The normalized spacial score (nSPS) is 13.9. The largest absolute Gasteiger partial charge is 0.359 e. The molecule has 0 aliphatic carbocycles. The van der Waals surface area contributed by atoms with Crippen LogP contribution < -0.4 is 15.5 Å². The van der Waals surface area contributed by atoms with Crippen LogP contribution in [0.1, 0.15) is 16.8 Å². The van der Waals surface area contributed by atoms with E-state index in [1.54, 1.807) is 16.9 Å². The van der Waals surface area contributed by atoms with E-state index in [1.165, 1.54) is 0 Å². The summed E-state index contributed by atoms with van der Waals surface area (Å²) in [7, 11) is 0. The first-order valence-corrected chi connectivity index (χ1v) is 10.4. The van der Waals surface area contributed by atoms with Gasteiger partial charge in [-0.05, 0) is 37.1 Å². The van der Waals surface area contributed by atoms with Crippen LogP contribution >= 0.6 is 0 Å². The summed E-state index contributed by atoms with van der Waals surface area (Å²) in [5, 5.41) is 19.0. The molecule has 4 aromatic rings. The van der Waals surface area contributed by atoms with E-state index in [1.807, 2.05) is 36.2 Å². The molecule has 0 unspecified atom stereocenters. The molecule has 1 fully saturated rings. The molecule has 0 atom stereocenters. The van der Waals surface area contributed by atoms with Crippen LogP contribution in [0.3, 0.4) is 0 Å². The van der Waals surface area contributed by atoms with Gasteiger partial charge in [-0.15, -0.1) is 10.2 Å². The minimum Gasteiger partial charge on any atom is -0.359 e. The summed E-state index contributed by atoms with van der Waals surface area (Å²) in [6.07, 6.45) is 5.40. The van der Waals surface area contributed by atoms with Crippen molar-refractivity contribution < 1.29 is 4.79 Å². The lowest BCUT2D eigenvalue weighted by Gasteiger charge is -2.28. The molecule has 0 aromatic carbocycles. The van der Waals surface area contributed by atoms with Crippen LogP contribution in [-0.4, -0.2) is 55.3 Å². The van der Waals surface area contributed by atoms with Gasteiger partial charge in [0.15, 0.2) is 5.65 Å². The Kier molecular flexibility index (Phi) is 5.10. The Balaban J connectivity index is 1.31. The molecule has 1 saturated heterocycles. The summed E-state index contributed by atoms with van der Waals surface area (Å²) in [5.41, 5.74) is 6.57. The number of hydrogen-bond acceptors (Lipinski definition) is 8. The number of aromatic nitrogens is 6. The number of nitrogens with one attached hydrogen (secondary N) is 2. The zero-order valence-electron chi connectivity index (χ0n) is 17.9. The SMILES string of the molecule is Cc1cc(-c2ncc(CNc3nnc4cc(N5CCNC(=O)C5)cnn34)cc2C)ccn1. The highest BCUT2D eigenvalue weighted by molar-refractivity contribution is 5.82. The van der Waals surface area contributed by atoms with Crippen molar-refractivity contribution in [3.63, 3.8) is 0 Å². The van der Waals surface area contributed by atoms with Gasteiger partial charge in [0.05, 0.1) is 24.1 Å². The molecule has 5 heterocycles. The highest BCUT2D eigenvalue weighted by Gasteiger charge is 2.18. The Bertz CT molecular complexity index is 1300. The van der Waals surface area contributed by atoms with E-state index < -0.39 is 0 Å². The van der Waals surface area contributed by atoms with E-state index in [4.69, 9.17) is 0 Å². The van der Waals surface area contributed by atoms with E-state index in [2.05, 4.69) is 48.9 Å². The number of amides is 1. The zero-order chi connectivity index (χ0) is 22.1. The van der Waals surface area contributed by atoms with Gasteiger partial charge >= 0.3 is 0 Å². The van der Waals surface area contributed by atoms with E-state index >= 15 is 0 Å². The summed E-state index contributed by atoms with van der Waals surface area (Å²) in [6, 6.07) is 8.01. The monoisotopic (exact) mass is 429 g/mol. The van der Waals surface area contributed by atoms with Gasteiger partial charge in [0.25, 0.3) is 0 Å². The number of carbonyl (C=O) groups excluding carboxylic acids is 1. The number of fused-ring (bicyclic) bond motifs is 1. The van der Waals surface area contributed by atoms with Gasteiger partial charge in [0.1, 0.15) is 0 Å². The fourth-order valence-corrected chi connectivity index (χ4v) is 3.83. The van der Waals surface area contributed by atoms with Crippen molar-refractivity contribution in [1.29, 1.82) is 0 Å². The standard InChI is InChI=1S/C22H23N9O/c1-14-7-16(10-25-21(14)17-3-4-23-15(2)8-17)11-26-22-29-28-19-9-18(12-27-31(19)22)30-6-5-24-20(32)13-30/h3-4,7-10,12H,5-6,11,13H2,1-2H3,(H,24,32)(H,26,29). The molecule has 162 valence electrons. The maximum absolute atomic E-state index is 11.7. The Hall–Kier alpha value is -4.08. The van der Waals surface area contributed by atoms with Crippen molar-refractivity contribution >= 4 is 23.2 Å². The molecule has 5 rings (SSSR count). The Morgan fingerprint density at radius 1 is 1.12 bits per heavy atom. The van der Waals surface area contributed by atoms with Gasteiger partial charge in [0.2, 0.25) is 11.9 Å². The smallest absolute Gasteiger partial charge is 0.246 e. The minimum atomic E-state index is 0.00827. The van der Waals surface area contributed by atoms with E-state index in [-0.39, 0.29) is 5.91 Å². The molecular formula is C22H23N9O. The number of rotatable bonds is 5. The predicted octanol–water partition coefficient (Wildman–Crippen LogP) is 1.75. The molecule has 32 heavy (non-hydrogen) atoms. The zero-order valence-corrected chi connectivity index (χ0v) is 17.9. The number of hydrogen-bond donors (Lipinski definition) is 2. The van der Waals surface area contributed by atoms with Crippen LogP contribution in [0.4, 0.5) is 11.6 Å². The Morgan fingerprint density at radius 3 is 2.84 bits per heavy atom. The van der Waals surface area contributed by atoms with Gasteiger partial charge in [-0.25, -0.2) is 0 Å². The number of anilines is 2. The molecule has 4 aromatic heterocycles. The average Bonchev–Trinajstić information content (AvgIpc) is 3.20. The first-order valence-electron chi connectivity index (χ1n) is 10.4. The second-order valence-corrected chi connectivity index (χ2v) is 7.83. The first kappa shape index (κ1) is 19.9. The number of carbonyl (C=O) groups is 1. The van der Waals surface area contributed by atoms with Crippen molar-refractivity contribution in [2.45, 2.75) is 20.4 Å². The van der Waals surface area contributed by atoms with Crippen LogP contribution in [0.5, 0.6) is 0 Å². The van der Waals surface area contributed by atoms with Crippen molar-refractivity contribution in [3.05, 3.63) is 59.7 Å².